The van der Waals surface area contributed by atoms with Crippen LogP contribution >= 0.6 is 11.8 Å². The molecule has 7 rings (SSSR count). The molecule has 2 aromatic carbocycles. The number of amides is 1. The van der Waals surface area contributed by atoms with Gasteiger partial charge in [-0.1, -0.05) is 24.3 Å². The number of pyridine rings is 1. The first-order valence-corrected chi connectivity index (χ1v) is 13.5. The van der Waals surface area contributed by atoms with Crippen molar-refractivity contribution < 1.29 is 23.8 Å². The standard InChI is InChI=1S/C27H24F2N4O4S/c28-19-6-5-16-18(23(19)29)13-38-21-4-2-1-3-17(21)24(16)33-22-12-30-11-15(34)9-14(30)10-31(22)27(37)25-26(36)20(35)7-8-32(25)33/h1-8,14-15,22,24,34,36H,9-13H2/t14?,15?,22-,24+/m1/s1. The lowest BCUT2D eigenvalue weighted by Crippen LogP contribution is -2.70. The van der Waals surface area contributed by atoms with Gasteiger partial charge in [-0.05, 0) is 29.7 Å². The number of carbonyl (C=O) groups excluding carboxylic acids is 1. The van der Waals surface area contributed by atoms with Gasteiger partial charge >= 0.3 is 0 Å². The Morgan fingerprint density at radius 3 is 2.63 bits per heavy atom. The highest BCUT2D eigenvalue weighted by Crippen LogP contribution is 2.45. The Balaban J connectivity index is 1.50. The van der Waals surface area contributed by atoms with E-state index in [1.54, 1.807) is 11.0 Å². The van der Waals surface area contributed by atoms with Gasteiger partial charge in [0.05, 0.1) is 12.1 Å². The minimum atomic E-state index is -0.933. The minimum absolute atomic E-state index is 0.0630. The molecule has 11 heteroatoms. The van der Waals surface area contributed by atoms with Crippen molar-refractivity contribution in [1.82, 2.24) is 14.5 Å². The van der Waals surface area contributed by atoms with Crippen molar-refractivity contribution in [3.05, 3.63) is 92.9 Å². The smallest absolute Gasteiger partial charge is 0.278 e. The number of thioether (sulfide) groups is 1. The first kappa shape index (κ1) is 23.7. The second kappa shape index (κ2) is 8.55. The number of fused-ring (bicyclic) bond motifs is 5. The molecule has 1 amide bonds. The molecular formula is C27H24F2N4O4S. The van der Waals surface area contributed by atoms with E-state index in [1.807, 2.05) is 29.3 Å². The van der Waals surface area contributed by atoms with E-state index in [2.05, 4.69) is 4.90 Å². The Labute approximate surface area is 220 Å². The van der Waals surface area contributed by atoms with Gasteiger partial charge in [0.15, 0.2) is 23.1 Å². The summed E-state index contributed by atoms with van der Waals surface area (Å²) in [6.07, 6.45) is 0.882. The molecule has 0 bridgehead atoms. The molecule has 0 spiro atoms. The van der Waals surface area contributed by atoms with Gasteiger partial charge in [0, 0.05) is 54.2 Å². The van der Waals surface area contributed by atoms with Gasteiger partial charge in [0.25, 0.3) is 5.91 Å². The molecular weight excluding hydrogens is 514 g/mol. The van der Waals surface area contributed by atoms with Crippen molar-refractivity contribution in [2.75, 3.05) is 24.6 Å². The lowest BCUT2D eigenvalue weighted by molar-refractivity contribution is 0.0162. The van der Waals surface area contributed by atoms with E-state index < -0.39 is 47.0 Å². The average Bonchev–Trinajstić information content (AvgIpc) is 3.19. The Morgan fingerprint density at radius 1 is 0.974 bits per heavy atom. The number of benzene rings is 2. The zero-order valence-corrected chi connectivity index (χ0v) is 20.9. The number of piperazine rings is 1. The summed E-state index contributed by atoms with van der Waals surface area (Å²) in [5.41, 5.74) is 0.770. The molecule has 4 aliphatic rings. The van der Waals surface area contributed by atoms with Crippen LogP contribution in [0.15, 0.2) is 58.4 Å². The fraction of sp³-hybridized carbons (Fsp3) is 0.333. The molecule has 8 nitrogen and oxygen atoms in total. The second-order valence-corrected chi connectivity index (χ2v) is 11.2. The van der Waals surface area contributed by atoms with E-state index in [0.29, 0.717) is 31.6 Å². The number of hydrogen-bond donors (Lipinski definition) is 2. The SMILES string of the molecule is O=C1c2c(O)c(=O)ccn2N([C@@H]2c3ccccc3SCc3c2ccc(F)c3F)[C@@H]2CN3CC(O)CC3CN12. The molecule has 38 heavy (non-hydrogen) atoms. The topological polar surface area (TPSA) is 89.2 Å². The minimum Gasteiger partial charge on any atom is -0.502 e. The summed E-state index contributed by atoms with van der Waals surface area (Å²) in [6.45, 7) is 1.16. The molecule has 5 heterocycles. The number of carbonyl (C=O) groups is 1. The average molecular weight is 539 g/mol. The second-order valence-electron chi connectivity index (χ2n) is 10.2. The number of aromatic hydroxyl groups is 1. The quantitative estimate of drug-likeness (QED) is 0.492. The van der Waals surface area contributed by atoms with Gasteiger partial charge < -0.3 is 15.1 Å². The number of aromatic nitrogens is 1. The van der Waals surface area contributed by atoms with Crippen molar-refractivity contribution in [2.24, 2.45) is 0 Å². The van der Waals surface area contributed by atoms with Gasteiger partial charge in [0.2, 0.25) is 5.43 Å². The molecule has 2 N–H and O–H groups in total. The maximum absolute atomic E-state index is 15.3. The molecule has 1 aromatic heterocycles. The third kappa shape index (κ3) is 3.35. The van der Waals surface area contributed by atoms with Gasteiger partial charge in [-0.2, -0.15) is 0 Å². The summed E-state index contributed by atoms with van der Waals surface area (Å²) in [7, 11) is 0. The van der Waals surface area contributed by atoms with Crippen molar-refractivity contribution >= 4 is 17.7 Å². The molecule has 2 saturated heterocycles. The summed E-state index contributed by atoms with van der Waals surface area (Å²) in [5, 5.41) is 23.0. The summed E-state index contributed by atoms with van der Waals surface area (Å²) >= 11 is 1.41. The lowest BCUT2D eigenvalue weighted by atomic mass is 9.92. The monoisotopic (exact) mass is 538 g/mol. The van der Waals surface area contributed by atoms with Crippen LogP contribution in [0.1, 0.15) is 39.6 Å². The molecule has 0 aliphatic carbocycles. The van der Waals surface area contributed by atoms with Crippen LogP contribution in [-0.4, -0.2) is 68.5 Å². The van der Waals surface area contributed by atoms with Crippen molar-refractivity contribution in [1.29, 1.82) is 0 Å². The highest BCUT2D eigenvalue weighted by atomic mass is 32.2. The molecule has 3 aromatic rings. The van der Waals surface area contributed by atoms with Gasteiger partial charge in [-0.15, -0.1) is 11.8 Å². The van der Waals surface area contributed by atoms with Crippen molar-refractivity contribution in [2.45, 2.75) is 41.4 Å². The van der Waals surface area contributed by atoms with Gasteiger partial charge in [-0.25, -0.2) is 8.78 Å². The molecule has 4 aliphatic heterocycles. The normalized spacial score (nSPS) is 26.2. The largest absolute Gasteiger partial charge is 0.502 e. The molecule has 4 atom stereocenters. The first-order valence-electron chi connectivity index (χ1n) is 12.5. The highest BCUT2D eigenvalue weighted by molar-refractivity contribution is 7.98. The zero-order chi connectivity index (χ0) is 26.3. The predicted octanol–water partition coefficient (Wildman–Crippen LogP) is 2.40. The third-order valence-corrected chi connectivity index (χ3v) is 9.24. The number of nitrogens with zero attached hydrogens (tertiary/aromatic N) is 4. The Morgan fingerprint density at radius 2 is 1.79 bits per heavy atom. The van der Waals surface area contributed by atoms with E-state index in [-0.39, 0.29) is 23.1 Å². The van der Waals surface area contributed by atoms with E-state index in [1.165, 1.54) is 28.7 Å². The molecule has 0 saturated carbocycles. The van der Waals surface area contributed by atoms with E-state index in [9.17, 15) is 24.2 Å². The Bertz CT molecular complexity index is 1550. The molecule has 196 valence electrons. The number of halogens is 2. The molecule has 2 unspecified atom stereocenters. The summed E-state index contributed by atoms with van der Waals surface area (Å²) < 4.78 is 31.2. The number of aliphatic hydroxyl groups excluding tert-OH is 1. The van der Waals surface area contributed by atoms with Crippen LogP contribution in [0.3, 0.4) is 0 Å². The lowest BCUT2D eigenvalue weighted by Gasteiger charge is -2.54. The third-order valence-electron chi connectivity index (χ3n) is 8.12. The fourth-order valence-electron chi connectivity index (χ4n) is 6.41. The van der Waals surface area contributed by atoms with Crippen molar-refractivity contribution in [3.63, 3.8) is 0 Å². The fourth-order valence-corrected chi connectivity index (χ4v) is 7.52. The first-order chi connectivity index (χ1) is 18.3. The van der Waals surface area contributed by atoms with Crippen LogP contribution < -0.4 is 10.4 Å². The van der Waals surface area contributed by atoms with Crippen LogP contribution in [0.25, 0.3) is 0 Å². The zero-order valence-electron chi connectivity index (χ0n) is 20.1. The maximum atomic E-state index is 15.3. The summed E-state index contributed by atoms with van der Waals surface area (Å²) in [5.74, 6) is -2.76. The Kier molecular flexibility index (Phi) is 5.33. The van der Waals surface area contributed by atoms with Crippen LogP contribution in [0.4, 0.5) is 8.78 Å². The number of rotatable bonds is 1. The van der Waals surface area contributed by atoms with E-state index in [0.717, 1.165) is 16.5 Å². The van der Waals surface area contributed by atoms with Gasteiger partial charge in [0.1, 0.15) is 6.17 Å². The molecule has 2 fully saturated rings. The predicted molar refractivity (Wildman–Crippen MR) is 136 cm³/mol. The van der Waals surface area contributed by atoms with Crippen LogP contribution in [-0.2, 0) is 5.75 Å². The number of hydrogen-bond acceptors (Lipinski definition) is 7. The Hall–Kier alpha value is -3.41. The number of aliphatic hydroxyl groups is 1. The van der Waals surface area contributed by atoms with Crippen LogP contribution in [0.2, 0.25) is 0 Å². The van der Waals surface area contributed by atoms with Crippen LogP contribution in [0.5, 0.6) is 5.75 Å². The van der Waals surface area contributed by atoms with Crippen molar-refractivity contribution in [3.8, 4) is 5.75 Å². The van der Waals surface area contributed by atoms with Gasteiger partial charge in [-0.3, -0.25) is 24.2 Å². The summed E-state index contributed by atoms with van der Waals surface area (Å²) in [4.78, 5) is 30.9. The molecule has 0 radical (unpaired) electrons. The van der Waals surface area contributed by atoms with E-state index >= 15 is 4.39 Å². The highest BCUT2D eigenvalue weighted by Gasteiger charge is 2.50. The van der Waals surface area contributed by atoms with Crippen LogP contribution in [0, 0.1) is 11.6 Å². The van der Waals surface area contributed by atoms with E-state index in [4.69, 9.17) is 0 Å². The maximum Gasteiger partial charge on any atom is 0.278 e. The summed E-state index contributed by atoms with van der Waals surface area (Å²) in [6, 6.07) is 10.8.